The Morgan fingerprint density at radius 2 is 1.80 bits per heavy atom. The van der Waals surface area contributed by atoms with E-state index in [-0.39, 0.29) is 16.3 Å². The summed E-state index contributed by atoms with van der Waals surface area (Å²) in [5.74, 6) is 0.317. The van der Waals surface area contributed by atoms with Crippen molar-refractivity contribution in [3.05, 3.63) is 78.6 Å². The predicted octanol–water partition coefficient (Wildman–Crippen LogP) is 3.12. The van der Waals surface area contributed by atoms with Crippen LogP contribution < -0.4 is 19.5 Å². The Labute approximate surface area is 201 Å². The zero-order chi connectivity index (χ0) is 24.8. The molecule has 0 radical (unpaired) electrons. The molecule has 35 heavy (non-hydrogen) atoms. The molecule has 11 nitrogen and oxygen atoms in total. The molecule has 0 saturated carbocycles. The molecule has 180 valence electrons. The van der Waals surface area contributed by atoms with Gasteiger partial charge < -0.3 is 14.8 Å². The molecule has 4 rings (SSSR count). The van der Waals surface area contributed by atoms with Crippen LogP contribution >= 0.6 is 0 Å². The Hall–Kier alpha value is -4.45. The van der Waals surface area contributed by atoms with Crippen LogP contribution in [0.3, 0.4) is 0 Å². The second kappa shape index (κ2) is 10.2. The number of ether oxygens (including phenoxy) is 2. The van der Waals surface area contributed by atoms with Gasteiger partial charge in [-0.05, 0) is 78.0 Å². The van der Waals surface area contributed by atoms with Gasteiger partial charge >= 0.3 is 0 Å². The number of nitrogens with one attached hydrogen (secondary N) is 2. The molecule has 1 aromatic heterocycles. The van der Waals surface area contributed by atoms with Crippen LogP contribution in [-0.2, 0) is 10.0 Å². The van der Waals surface area contributed by atoms with Gasteiger partial charge in [0.15, 0.2) is 0 Å². The predicted molar refractivity (Wildman–Crippen MR) is 129 cm³/mol. The first kappa shape index (κ1) is 23.7. The molecule has 0 aliphatic rings. The summed E-state index contributed by atoms with van der Waals surface area (Å²) in [6.45, 7) is 2.36. The topological polar surface area (TPSA) is 137 Å². The largest absolute Gasteiger partial charge is 0.495 e. The zero-order valence-electron chi connectivity index (χ0n) is 18.9. The lowest BCUT2D eigenvalue weighted by atomic mass is 10.2. The monoisotopic (exact) mass is 494 g/mol. The van der Waals surface area contributed by atoms with Crippen LogP contribution in [0, 0.1) is 0 Å². The first-order valence-electron chi connectivity index (χ1n) is 10.5. The highest BCUT2D eigenvalue weighted by Gasteiger charge is 2.21. The van der Waals surface area contributed by atoms with Crippen LogP contribution in [0.2, 0.25) is 0 Å². The van der Waals surface area contributed by atoms with Crippen LogP contribution in [-0.4, -0.2) is 48.2 Å². The second-order valence-electron chi connectivity index (χ2n) is 7.19. The highest BCUT2D eigenvalue weighted by Crippen LogP contribution is 2.29. The van der Waals surface area contributed by atoms with Crippen molar-refractivity contribution in [1.29, 1.82) is 0 Å². The molecule has 3 aromatic carbocycles. The normalized spacial score (nSPS) is 11.0. The van der Waals surface area contributed by atoms with E-state index in [0.29, 0.717) is 29.3 Å². The molecule has 0 unspecified atom stereocenters. The van der Waals surface area contributed by atoms with Gasteiger partial charge in [-0.25, -0.2) is 13.1 Å². The third-order valence-corrected chi connectivity index (χ3v) is 6.25. The number of carbonyl (C=O) groups excluding carboxylic acids is 1. The summed E-state index contributed by atoms with van der Waals surface area (Å²) in [5, 5.41) is 13.7. The van der Waals surface area contributed by atoms with Gasteiger partial charge in [0.05, 0.1) is 19.4 Å². The number of hydrogen-bond acceptors (Lipinski definition) is 8. The number of aromatic nitrogens is 4. The summed E-state index contributed by atoms with van der Waals surface area (Å²) in [6, 6.07) is 17.6. The number of sulfonamides is 1. The molecule has 1 heterocycles. The number of methoxy groups -OCH3 is 1. The first-order valence-corrected chi connectivity index (χ1v) is 12.0. The highest BCUT2D eigenvalue weighted by molar-refractivity contribution is 7.92. The maximum Gasteiger partial charge on any atom is 0.265 e. The fourth-order valence-corrected chi connectivity index (χ4v) is 4.49. The van der Waals surface area contributed by atoms with E-state index in [1.807, 2.05) is 6.92 Å². The zero-order valence-corrected chi connectivity index (χ0v) is 19.7. The molecular weight excluding hydrogens is 472 g/mol. The maximum atomic E-state index is 13.1. The van der Waals surface area contributed by atoms with Gasteiger partial charge in [-0.2, -0.15) is 0 Å². The summed E-state index contributed by atoms with van der Waals surface area (Å²) in [4.78, 5) is 12.7. The van der Waals surface area contributed by atoms with Gasteiger partial charge in [-0.3, -0.25) is 9.52 Å². The average Bonchev–Trinajstić information content (AvgIpc) is 3.40. The number of hydrogen-bond donors (Lipinski definition) is 2. The Kier molecular flexibility index (Phi) is 6.92. The van der Waals surface area contributed by atoms with Crippen molar-refractivity contribution in [1.82, 2.24) is 20.2 Å². The second-order valence-corrected chi connectivity index (χ2v) is 8.84. The molecule has 0 fully saturated rings. The van der Waals surface area contributed by atoms with E-state index in [0.717, 1.165) is 0 Å². The number of anilines is 2. The van der Waals surface area contributed by atoms with Crippen LogP contribution in [0.5, 0.6) is 11.5 Å². The minimum atomic E-state index is -4.03. The minimum Gasteiger partial charge on any atom is -0.495 e. The van der Waals surface area contributed by atoms with Gasteiger partial charge in [-0.1, -0.05) is 6.07 Å². The molecule has 0 saturated heterocycles. The number of carbonyl (C=O) groups is 1. The SMILES string of the molecule is CCOc1ccc(NS(=O)(=O)c2cc(NC(=O)c3cccc(-n4cnnn4)c3)ccc2OC)cc1. The molecule has 1 amide bonds. The van der Waals surface area contributed by atoms with E-state index >= 15 is 0 Å². The molecule has 0 bridgehead atoms. The quantitative estimate of drug-likeness (QED) is 0.362. The van der Waals surface area contributed by atoms with Gasteiger partial charge in [-0.15, -0.1) is 5.10 Å². The minimum absolute atomic E-state index is 0.127. The molecule has 0 atom stereocenters. The van der Waals surface area contributed by atoms with Gasteiger partial charge in [0, 0.05) is 16.9 Å². The Morgan fingerprint density at radius 3 is 2.49 bits per heavy atom. The van der Waals surface area contributed by atoms with E-state index < -0.39 is 15.9 Å². The van der Waals surface area contributed by atoms with Crippen LogP contribution in [0.4, 0.5) is 11.4 Å². The lowest BCUT2D eigenvalue weighted by Crippen LogP contribution is -2.16. The van der Waals surface area contributed by atoms with Crippen LogP contribution in [0.25, 0.3) is 5.69 Å². The summed E-state index contributed by atoms with van der Waals surface area (Å²) < 4.78 is 40.8. The molecule has 0 aliphatic carbocycles. The lowest BCUT2D eigenvalue weighted by Gasteiger charge is -2.14. The van der Waals surface area contributed by atoms with E-state index in [9.17, 15) is 13.2 Å². The first-order chi connectivity index (χ1) is 16.9. The third kappa shape index (κ3) is 5.55. The van der Waals surface area contributed by atoms with Crippen molar-refractivity contribution in [3.63, 3.8) is 0 Å². The Morgan fingerprint density at radius 1 is 1.03 bits per heavy atom. The fourth-order valence-electron chi connectivity index (χ4n) is 3.23. The van der Waals surface area contributed by atoms with E-state index in [1.165, 1.54) is 30.3 Å². The van der Waals surface area contributed by atoms with Crippen molar-refractivity contribution >= 4 is 27.3 Å². The fraction of sp³-hybridized carbons (Fsp3) is 0.130. The smallest absolute Gasteiger partial charge is 0.265 e. The van der Waals surface area contributed by atoms with E-state index in [1.54, 1.807) is 54.6 Å². The van der Waals surface area contributed by atoms with Crippen LogP contribution in [0.15, 0.2) is 78.0 Å². The van der Waals surface area contributed by atoms with Crippen molar-refractivity contribution < 1.29 is 22.7 Å². The Balaban J connectivity index is 1.56. The molecular formula is C23H22N6O5S. The number of benzene rings is 3. The molecule has 0 aliphatic heterocycles. The highest BCUT2D eigenvalue weighted by atomic mass is 32.2. The number of nitrogens with zero attached hydrogens (tertiary/aromatic N) is 4. The molecule has 12 heteroatoms. The van der Waals surface area contributed by atoms with Gasteiger partial charge in [0.25, 0.3) is 15.9 Å². The maximum absolute atomic E-state index is 13.1. The van der Waals surface area contributed by atoms with Crippen molar-refractivity contribution in [3.8, 4) is 17.2 Å². The van der Waals surface area contributed by atoms with Crippen molar-refractivity contribution in [2.75, 3.05) is 23.8 Å². The summed E-state index contributed by atoms with van der Waals surface area (Å²) in [5.41, 5.74) is 1.56. The van der Waals surface area contributed by atoms with Crippen LogP contribution in [0.1, 0.15) is 17.3 Å². The molecule has 2 N–H and O–H groups in total. The standard InChI is InChI=1S/C23H22N6O5S/c1-3-34-20-10-7-17(8-11-20)26-35(31,32)22-14-18(9-12-21(22)33-2)25-23(30)16-5-4-6-19(13-16)29-15-24-27-28-29/h4-15,26H,3H2,1-2H3,(H,25,30). The van der Waals surface area contributed by atoms with E-state index in [2.05, 4.69) is 25.6 Å². The van der Waals surface area contributed by atoms with Crippen molar-refractivity contribution in [2.45, 2.75) is 11.8 Å². The van der Waals surface area contributed by atoms with E-state index in [4.69, 9.17) is 9.47 Å². The molecule has 0 spiro atoms. The number of amides is 1. The van der Waals surface area contributed by atoms with Gasteiger partial charge in [0.2, 0.25) is 0 Å². The van der Waals surface area contributed by atoms with Crippen molar-refractivity contribution in [2.24, 2.45) is 0 Å². The number of rotatable bonds is 9. The Bertz CT molecular complexity index is 1420. The number of tetrazole rings is 1. The molecule has 4 aromatic rings. The van der Waals surface area contributed by atoms with Gasteiger partial charge in [0.1, 0.15) is 22.7 Å². The third-order valence-electron chi connectivity index (χ3n) is 4.85. The average molecular weight is 495 g/mol. The summed E-state index contributed by atoms with van der Waals surface area (Å²) in [6.07, 6.45) is 1.41. The summed E-state index contributed by atoms with van der Waals surface area (Å²) in [7, 11) is -2.66. The lowest BCUT2D eigenvalue weighted by molar-refractivity contribution is 0.102. The summed E-state index contributed by atoms with van der Waals surface area (Å²) >= 11 is 0.